The van der Waals surface area contributed by atoms with E-state index in [1.54, 1.807) is 48.5 Å². The van der Waals surface area contributed by atoms with Crippen molar-refractivity contribution in [2.75, 3.05) is 13.2 Å². The van der Waals surface area contributed by atoms with Gasteiger partial charge in [-0.3, -0.25) is 0 Å². The number of halogens is 1. The van der Waals surface area contributed by atoms with Crippen LogP contribution >= 0.6 is 15.9 Å². The fourth-order valence-corrected chi connectivity index (χ4v) is 6.91. The second-order valence-corrected chi connectivity index (χ2v) is 16.7. The van der Waals surface area contributed by atoms with Crippen molar-refractivity contribution in [1.82, 2.24) is 4.31 Å². The summed E-state index contributed by atoms with van der Waals surface area (Å²) in [5.41, 5.74) is -0.943. The number of nitrogens with zero attached hydrogens (tertiary/aromatic N) is 1. The van der Waals surface area contributed by atoms with E-state index in [-0.39, 0.29) is 18.1 Å². The molecule has 0 amide bonds. The van der Waals surface area contributed by atoms with Crippen molar-refractivity contribution in [3.63, 3.8) is 0 Å². The van der Waals surface area contributed by atoms with Crippen LogP contribution in [0.1, 0.15) is 76.1 Å². The summed E-state index contributed by atoms with van der Waals surface area (Å²) >= 11 is 3.43. The Morgan fingerprint density at radius 1 is 0.756 bits per heavy atom. The summed E-state index contributed by atoms with van der Waals surface area (Å²) in [6, 6.07) is 20.2. The van der Waals surface area contributed by atoms with Crippen LogP contribution in [-0.2, 0) is 33.8 Å². The molecule has 2 atom stereocenters. The summed E-state index contributed by atoms with van der Waals surface area (Å²) in [4.78, 5) is 29.3. The molecular weight excluding hydrogens is 658 g/mol. The van der Waals surface area contributed by atoms with E-state index in [0.29, 0.717) is 11.1 Å². The van der Waals surface area contributed by atoms with E-state index < -0.39 is 50.7 Å². The normalized spacial score (nSPS) is 18.9. The number of benzene rings is 3. The Balaban J connectivity index is 2.08. The molecule has 45 heavy (non-hydrogen) atoms. The van der Waals surface area contributed by atoms with Gasteiger partial charge in [-0.2, -0.15) is 0 Å². The minimum absolute atomic E-state index is 0.0812. The maximum atomic E-state index is 14.9. The Kier molecular flexibility index (Phi) is 10.0. The van der Waals surface area contributed by atoms with Crippen LogP contribution in [0.15, 0.2) is 82.2 Å². The maximum Gasteiger partial charge on any atom is 0.342 e. The highest BCUT2D eigenvalue weighted by Crippen LogP contribution is 2.53. The topological polar surface area (TPSA) is 99.2 Å². The van der Waals surface area contributed by atoms with Gasteiger partial charge in [-0.1, -0.05) is 117 Å². The lowest BCUT2D eigenvalue weighted by Crippen LogP contribution is -2.63. The number of esters is 2. The van der Waals surface area contributed by atoms with Crippen LogP contribution in [0.2, 0.25) is 0 Å². The standard InChI is InChI=1S/C35H42BrNO7S/c1-23-9-13-25(14-10-23)29-35(31(38)42-21-33(3,4)5,32(39)43-22-34(6,7)8)37(30(44-29)26-15-17-27(36)18-16-26)45(40,41)28-19-11-24(2)12-20-28/h9-20,29-30H,21-22H2,1-8H3/t29-,30?/m1/s1. The van der Waals surface area contributed by atoms with E-state index in [1.165, 1.54) is 12.1 Å². The molecule has 0 aromatic heterocycles. The highest BCUT2D eigenvalue weighted by atomic mass is 79.9. The van der Waals surface area contributed by atoms with Gasteiger partial charge in [-0.15, -0.1) is 4.31 Å². The third-order valence-corrected chi connectivity index (χ3v) is 9.61. The van der Waals surface area contributed by atoms with Gasteiger partial charge in [0.15, 0.2) is 6.23 Å². The van der Waals surface area contributed by atoms with Crippen LogP contribution in [0.3, 0.4) is 0 Å². The Labute approximate surface area is 275 Å². The van der Waals surface area contributed by atoms with Crippen molar-refractivity contribution >= 4 is 37.9 Å². The zero-order valence-corrected chi connectivity index (χ0v) is 29.5. The second-order valence-electron chi connectivity index (χ2n) is 14.0. The summed E-state index contributed by atoms with van der Waals surface area (Å²) in [5.74, 6) is -2.14. The van der Waals surface area contributed by atoms with Crippen molar-refractivity contribution < 1.29 is 32.2 Å². The van der Waals surface area contributed by atoms with Crippen molar-refractivity contribution in [3.8, 4) is 0 Å². The maximum absolute atomic E-state index is 14.9. The molecule has 0 saturated carbocycles. The minimum Gasteiger partial charge on any atom is -0.463 e. The Morgan fingerprint density at radius 3 is 1.62 bits per heavy atom. The average molecular weight is 701 g/mol. The second kappa shape index (κ2) is 13.0. The first-order chi connectivity index (χ1) is 20.9. The fraction of sp³-hybridized carbons (Fsp3) is 0.429. The van der Waals surface area contributed by atoms with Crippen LogP contribution in [0, 0.1) is 24.7 Å². The van der Waals surface area contributed by atoms with E-state index in [4.69, 9.17) is 14.2 Å². The smallest absolute Gasteiger partial charge is 0.342 e. The molecule has 1 aliphatic heterocycles. The first-order valence-electron chi connectivity index (χ1n) is 14.8. The van der Waals surface area contributed by atoms with Crippen LogP contribution < -0.4 is 0 Å². The molecular formula is C35H42BrNO7S. The molecule has 0 aliphatic carbocycles. The molecule has 242 valence electrons. The van der Waals surface area contributed by atoms with E-state index in [1.807, 2.05) is 67.5 Å². The third-order valence-electron chi connectivity index (χ3n) is 7.21. The largest absolute Gasteiger partial charge is 0.463 e. The summed E-state index contributed by atoms with van der Waals surface area (Å²) in [5, 5.41) is 0. The third kappa shape index (κ3) is 7.51. The van der Waals surface area contributed by atoms with Crippen LogP contribution in [0.4, 0.5) is 0 Å². The van der Waals surface area contributed by atoms with Gasteiger partial charge in [0.25, 0.3) is 5.54 Å². The SMILES string of the molecule is Cc1ccc([C@H]2OC(c3ccc(Br)cc3)N(S(=O)(=O)c3ccc(C)cc3)C2(C(=O)OCC(C)(C)C)C(=O)OCC(C)(C)C)cc1. The molecule has 0 radical (unpaired) electrons. The highest BCUT2D eigenvalue weighted by molar-refractivity contribution is 9.10. The van der Waals surface area contributed by atoms with Crippen molar-refractivity contribution in [2.45, 2.75) is 78.2 Å². The predicted octanol–water partition coefficient (Wildman–Crippen LogP) is 7.44. The molecule has 3 aromatic carbocycles. The fourth-order valence-electron chi connectivity index (χ4n) is 4.89. The monoisotopic (exact) mass is 699 g/mol. The molecule has 1 heterocycles. The summed E-state index contributed by atoms with van der Waals surface area (Å²) < 4.78 is 49.7. The van der Waals surface area contributed by atoms with Crippen LogP contribution in [-0.4, -0.2) is 43.4 Å². The number of aryl methyl sites for hydroxylation is 2. The molecule has 0 N–H and O–H groups in total. The predicted molar refractivity (Wildman–Crippen MR) is 176 cm³/mol. The van der Waals surface area contributed by atoms with E-state index >= 15 is 0 Å². The molecule has 1 aliphatic rings. The molecule has 0 bridgehead atoms. The summed E-state index contributed by atoms with van der Waals surface area (Å²) in [6.07, 6.45) is -2.80. The lowest BCUT2D eigenvalue weighted by atomic mass is 9.87. The number of ether oxygens (including phenoxy) is 3. The van der Waals surface area contributed by atoms with Gasteiger partial charge in [0.2, 0.25) is 10.0 Å². The van der Waals surface area contributed by atoms with Crippen molar-refractivity contribution in [2.24, 2.45) is 10.8 Å². The molecule has 1 saturated heterocycles. The Hall–Kier alpha value is -3.05. The highest BCUT2D eigenvalue weighted by Gasteiger charge is 2.71. The molecule has 10 heteroatoms. The van der Waals surface area contributed by atoms with Crippen LogP contribution in [0.25, 0.3) is 0 Å². The minimum atomic E-state index is -4.62. The van der Waals surface area contributed by atoms with Crippen LogP contribution in [0.5, 0.6) is 0 Å². The van der Waals surface area contributed by atoms with E-state index in [9.17, 15) is 18.0 Å². The lowest BCUT2D eigenvalue weighted by Gasteiger charge is -2.37. The zero-order chi connectivity index (χ0) is 33.4. The number of hydrogen-bond donors (Lipinski definition) is 0. The van der Waals surface area contributed by atoms with E-state index in [0.717, 1.165) is 19.9 Å². The summed E-state index contributed by atoms with van der Waals surface area (Å²) in [6.45, 7) is 14.8. The summed E-state index contributed by atoms with van der Waals surface area (Å²) in [7, 11) is -4.62. The van der Waals surface area contributed by atoms with Gasteiger partial charge in [0, 0.05) is 4.47 Å². The van der Waals surface area contributed by atoms with Gasteiger partial charge in [0.05, 0.1) is 18.1 Å². The molecule has 0 spiro atoms. The van der Waals surface area contributed by atoms with Gasteiger partial charge >= 0.3 is 11.9 Å². The quantitative estimate of drug-likeness (QED) is 0.178. The van der Waals surface area contributed by atoms with Gasteiger partial charge in [-0.05, 0) is 60.1 Å². The number of carbonyl (C=O) groups is 2. The van der Waals surface area contributed by atoms with Gasteiger partial charge in [0.1, 0.15) is 6.10 Å². The van der Waals surface area contributed by atoms with Gasteiger partial charge < -0.3 is 14.2 Å². The Bertz CT molecular complexity index is 1590. The number of hydrogen-bond acceptors (Lipinski definition) is 7. The van der Waals surface area contributed by atoms with Crippen molar-refractivity contribution in [3.05, 3.63) is 99.5 Å². The average Bonchev–Trinajstić information content (AvgIpc) is 3.33. The first-order valence-corrected chi connectivity index (χ1v) is 17.0. The number of sulfonamides is 1. The number of rotatable bonds is 8. The molecule has 3 aromatic rings. The Morgan fingerprint density at radius 2 is 1.18 bits per heavy atom. The lowest BCUT2D eigenvalue weighted by molar-refractivity contribution is -0.176. The molecule has 1 fully saturated rings. The van der Waals surface area contributed by atoms with Gasteiger partial charge in [-0.25, -0.2) is 18.0 Å². The molecule has 1 unspecified atom stereocenters. The molecule has 8 nitrogen and oxygen atoms in total. The molecule has 4 rings (SSSR count). The van der Waals surface area contributed by atoms with E-state index in [2.05, 4.69) is 15.9 Å². The first kappa shape index (κ1) is 34.8. The van der Waals surface area contributed by atoms with Crippen molar-refractivity contribution in [1.29, 1.82) is 0 Å². The number of carbonyl (C=O) groups excluding carboxylic acids is 2. The zero-order valence-electron chi connectivity index (χ0n) is 27.1.